The van der Waals surface area contributed by atoms with Crippen LogP contribution in [0.15, 0.2) is 24.4 Å². The van der Waals surface area contributed by atoms with Crippen LogP contribution in [0.25, 0.3) is 10.2 Å². The third-order valence-electron chi connectivity index (χ3n) is 3.80. The van der Waals surface area contributed by atoms with E-state index in [9.17, 15) is 13.6 Å². The Balaban J connectivity index is 1.96. The molecule has 0 fully saturated rings. The summed E-state index contributed by atoms with van der Waals surface area (Å²) in [5.74, 6) is -1.72. The van der Waals surface area contributed by atoms with Gasteiger partial charge in [-0.1, -0.05) is 11.3 Å². The first-order valence-electron chi connectivity index (χ1n) is 8.07. The minimum absolute atomic E-state index is 0.0674. The first kappa shape index (κ1) is 18.4. The van der Waals surface area contributed by atoms with Crippen LogP contribution in [0.1, 0.15) is 16.9 Å². The number of amides is 1. The summed E-state index contributed by atoms with van der Waals surface area (Å²) in [7, 11) is 5.62. The van der Waals surface area contributed by atoms with Gasteiger partial charge in [0.05, 0.1) is 4.70 Å². The monoisotopic (exact) mass is 379 g/mol. The quantitative estimate of drug-likeness (QED) is 0.661. The maximum Gasteiger partial charge on any atom is 0.280 e. The lowest BCUT2D eigenvalue weighted by Gasteiger charge is -2.20. The van der Waals surface area contributed by atoms with Crippen molar-refractivity contribution in [3.63, 3.8) is 0 Å². The highest BCUT2D eigenvalue weighted by molar-refractivity contribution is 7.22. The van der Waals surface area contributed by atoms with Gasteiger partial charge in [-0.05, 0) is 39.2 Å². The van der Waals surface area contributed by atoms with Crippen LogP contribution in [0, 0.1) is 11.6 Å². The molecule has 0 spiro atoms. The van der Waals surface area contributed by atoms with Gasteiger partial charge in [-0.3, -0.25) is 14.4 Å². The lowest BCUT2D eigenvalue weighted by atomic mass is 10.3. The van der Waals surface area contributed by atoms with E-state index in [1.54, 1.807) is 24.0 Å². The Bertz CT molecular complexity index is 937. The molecule has 9 heteroatoms. The van der Waals surface area contributed by atoms with Crippen LogP contribution in [-0.4, -0.2) is 52.8 Å². The van der Waals surface area contributed by atoms with Gasteiger partial charge in [-0.25, -0.2) is 13.8 Å². The molecule has 26 heavy (non-hydrogen) atoms. The summed E-state index contributed by atoms with van der Waals surface area (Å²) in [5.41, 5.74) is 0.348. The number of nitrogens with zero attached hydrogens (tertiary/aromatic N) is 5. The van der Waals surface area contributed by atoms with Crippen LogP contribution in [0.4, 0.5) is 13.9 Å². The Labute approximate surface area is 153 Å². The fraction of sp³-hybridized carbons (Fsp3) is 0.353. The summed E-state index contributed by atoms with van der Waals surface area (Å²) in [4.78, 5) is 20.6. The zero-order valence-corrected chi connectivity index (χ0v) is 15.6. The topological polar surface area (TPSA) is 54.3 Å². The fourth-order valence-corrected chi connectivity index (χ4v) is 3.59. The number of carbonyl (C=O) groups excluding carboxylic acids is 1. The summed E-state index contributed by atoms with van der Waals surface area (Å²) in [6, 6.07) is 3.64. The molecular formula is C17H19F2N5OS. The molecule has 0 unspecified atom stereocenters. The number of rotatable bonds is 6. The average molecular weight is 379 g/mol. The minimum atomic E-state index is -0.735. The molecule has 0 atom stereocenters. The number of hydrogen-bond acceptors (Lipinski definition) is 5. The normalized spacial score (nSPS) is 11.5. The summed E-state index contributed by atoms with van der Waals surface area (Å²) in [5, 5.41) is 4.48. The zero-order valence-electron chi connectivity index (χ0n) is 14.7. The summed E-state index contributed by atoms with van der Waals surface area (Å²) < 4.78 is 29.4. The van der Waals surface area contributed by atoms with Crippen molar-refractivity contribution in [3.8, 4) is 0 Å². The molecule has 1 aromatic carbocycles. The van der Waals surface area contributed by atoms with Crippen LogP contribution in [0.3, 0.4) is 0 Å². The van der Waals surface area contributed by atoms with Crippen molar-refractivity contribution in [3.05, 3.63) is 41.7 Å². The van der Waals surface area contributed by atoms with E-state index < -0.39 is 11.6 Å². The number of benzene rings is 1. The van der Waals surface area contributed by atoms with Gasteiger partial charge in [0.15, 0.2) is 16.6 Å². The van der Waals surface area contributed by atoms with E-state index >= 15 is 0 Å². The van der Waals surface area contributed by atoms with Gasteiger partial charge in [0.2, 0.25) is 0 Å². The second-order valence-corrected chi connectivity index (χ2v) is 7.23. The molecule has 0 radical (unpaired) electrons. The second kappa shape index (κ2) is 7.46. The molecule has 0 bridgehead atoms. The molecule has 3 aromatic rings. The molecule has 2 heterocycles. The number of aryl methyl sites for hydroxylation is 1. The van der Waals surface area contributed by atoms with Crippen LogP contribution in [-0.2, 0) is 7.05 Å². The van der Waals surface area contributed by atoms with Crippen molar-refractivity contribution in [2.75, 3.05) is 32.1 Å². The van der Waals surface area contributed by atoms with Gasteiger partial charge in [-0.15, -0.1) is 0 Å². The lowest BCUT2D eigenvalue weighted by Crippen LogP contribution is -2.33. The fourth-order valence-electron chi connectivity index (χ4n) is 2.56. The largest absolute Gasteiger partial charge is 0.309 e. The molecule has 2 aromatic heterocycles. The molecule has 0 saturated heterocycles. The molecular weight excluding hydrogens is 360 g/mol. The van der Waals surface area contributed by atoms with Crippen molar-refractivity contribution in [1.82, 2.24) is 19.7 Å². The molecule has 0 saturated carbocycles. The molecule has 3 rings (SSSR count). The van der Waals surface area contributed by atoms with E-state index in [0.717, 1.165) is 23.9 Å². The highest BCUT2D eigenvalue weighted by Gasteiger charge is 2.24. The molecule has 1 amide bonds. The van der Waals surface area contributed by atoms with E-state index in [-0.39, 0.29) is 17.1 Å². The number of carbonyl (C=O) groups is 1. The highest BCUT2D eigenvalue weighted by Crippen LogP contribution is 2.32. The van der Waals surface area contributed by atoms with Crippen molar-refractivity contribution in [1.29, 1.82) is 0 Å². The number of fused-ring (bicyclic) bond motifs is 1. The Morgan fingerprint density at radius 1 is 1.27 bits per heavy atom. The third-order valence-corrected chi connectivity index (χ3v) is 4.82. The number of anilines is 1. The first-order valence-corrected chi connectivity index (χ1v) is 8.88. The standard InChI is InChI=1S/C17H19F2N5OS/c1-22(2)6-4-7-24(16(25)13-5-8-23(3)21-13)17-20-15-12(19)9-11(18)10-14(15)26-17/h5,8-10H,4,6-7H2,1-3H3. The van der Waals surface area contributed by atoms with Gasteiger partial charge in [0.25, 0.3) is 5.91 Å². The van der Waals surface area contributed by atoms with Crippen LogP contribution < -0.4 is 4.90 Å². The highest BCUT2D eigenvalue weighted by atomic mass is 32.1. The maximum absolute atomic E-state index is 14.0. The molecule has 0 aliphatic heterocycles. The van der Waals surface area contributed by atoms with Crippen LogP contribution in [0.5, 0.6) is 0 Å². The lowest BCUT2D eigenvalue weighted by molar-refractivity contribution is 0.0980. The van der Waals surface area contributed by atoms with E-state index in [4.69, 9.17) is 0 Å². The Morgan fingerprint density at radius 2 is 2.04 bits per heavy atom. The summed E-state index contributed by atoms with van der Waals surface area (Å²) >= 11 is 1.09. The number of thiazole rings is 1. The van der Waals surface area contributed by atoms with E-state index in [2.05, 4.69) is 10.1 Å². The third kappa shape index (κ3) is 3.88. The van der Waals surface area contributed by atoms with Crippen molar-refractivity contribution >= 4 is 32.6 Å². The van der Waals surface area contributed by atoms with Gasteiger partial charge >= 0.3 is 0 Å². The smallest absolute Gasteiger partial charge is 0.280 e. The number of hydrogen-bond donors (Lipinski definition) is 0. The maximum atomic E-state index is 14.0. The second-order valence-electron chi connectivity index (χ2n) is 6.22. The van der Waals surface area contributed by atoms with Crippen molar-refractivity contribution < 1.29 is 13.6 Å². The molecule has 0 aliphatic rings. The number of aromatic nitrogens is 3. The van der Waals surface area contributed by atoms with Crippen LogP contribution >= 0.6 is 11.3 Å². The minimum Gasteiger partial charge on any atom is -0.309 e. The van der Waals surface area contributed by atoms with Gasteiger partial charge < -0.3 is 4.90 Å². The van der Waals surface area contributed by atoms with E-state index in [1.807, 2.05) is 19.0 Å². The molecule has 138 valence electrons. The Hall–Kier alpha value is -2.39. The SMILES string of the molecule is CN(C)CCCN(C(=O)c1ccn(C)n1)c1nc2c(F)cc(F)cc2s1. The van der Waals surface area contributed by atoms with Crippen molar-refractivity contribution in [2.45, 2.75) is 6.42 Å². The van der Waals surface area contributed by atoms with Gasteiger partial charge in [0.1, 0.15) is 11.3 Å². The molecule has 0 aliphatic carbocycles. The molecule has 6 nitrogen and oxygen atoms in total. The predicted octanol–water partition coefficient (Wildman–Crippen LogP) is 2.91. The van der Waals surface area contributed by atoms with Gasteiger partial charge in [-0.2, -0.15) is 5.10 Å². The predicted molar refractivity (Wildman–Crippen MR) is 97.6 cm³/mol. The average Bonchev–Trinajstić information content (AvgIpc) is 3.17. The Kier molecular flexibility index (Phi) is 5.28. The zero-order chi connectivity index (χ0) is 18.8. The molecule has 0 N–H and O–H groups in total. The van der Waals surface area contributed by atoms with Crippen molar-refractivity contribution in [2.24, 2.45) is 7.05 Å². The summed E-state index contributed by atoms with van der Waals surface area (Å²) in [6.45, 7) is 1.18. The first-order chi connectivity index (χ1) is 12.3. The van der Waals surface area contributed by atoms with Gasteiger partial charge in [0, 0.05) is 25.9 Å². The van der Waals surface area contributed by atoms with E-state index in [1.165, 1.54) is 11.0 Å². The number of halogens is 2. The van der Waals surface area contributed by atoms with Crippen LogP contribution in [0.2, 0.25) is 0 Å². The summed E-state index contributed by atoms with van der Waals surface area (Å²) in [6.07, 6.45) is 2.39. The van der Waals surface area contributed by atoms with E-state index in [0.29, 0.717) is 22.8 Å². The Morgan fingerprint density at radius 3 is 2.69 bits per heavy atom.